The van der Waals surface area contributed by atoms with E-state index >= 15 is 0 Å². The van der Waals surface area contributed by atoms with Crippen LogP contribution in [0.15, 0.2) is 121 Å². The van der Waals surface area contributed by atoms with E-state index in [2.05, 4.69) is 24.3 Å². The Kier molecular flexibility index (Phi) is 14.9. The lowest BCUT2D eigenvalue weighted by molar-refractivity contribution is -0.328. The van der Waals surface area contributed by atoms with Crippen molar-refractivity contribution >= 4 is 0 Å². The van der Waals surface area contributed by atoms with E-state index in [0.717, 1.165) is 47.9 Å². The summed E-state index contributed by atoms with van der Waals surface area (Å²) in [5.74, 6) is 0. The molecule has 1 aliphatic heterocycles. The van der Waals surface area contributed by atoms with Crippen molar-refractivity contribution in [2.45, 2.75) is 82.8 Å². The number of benzene rings is 4. The number of unbranched alkanes of at least 4 members (excludes halogenated alkanes) is 3. The highest BCUT2D eigenvalue weighted by molar-refractivity contribution is 5.16. The topological polar surface area (TPSA) is 75.6 Å². The van der Waals surface area contributed by atoms with E-state index in [4.69, 9.17) is 28.4 Å². The van der Waals surface area contributed by atoms with E-state index in [1.54, 1.807) is 0 Å². The fourth-order valence-corrected chi connectivity index (χ4v) is 5.65. The van der Waals surface area contributed by atoms with Gasteiger partial charge in [0.1, 0.15) is 24.4 Å². The van der Waals surface area contributed by atoms with Crippen molar-refractivity contribution in [2.75, 3.05) is 19.8 Å². The second-order valence-corrected chi connectivity index (χ2v) is 11.8. The van der Waals surface area contributed by atoms with Gasteiger partial charge in [-0.3, -0.25) is 0 Å². The molecular formula is C40H48O7. The van der Waals surface area contributed by atoms with Crippen LogP contribution in [0.25, 0.3) is 0 Å². The van der Waals surface area contributed by atoms with Gasteiger partial charge in [-0.05, 0) is 35.1 Å². The van der Waals surface area contributed by atoms with E-state index in [0.29, 0.717) is 39.6 Å². The molecule has 1 fully saturated rings. The summed E-state index contributed by atoms with van der Waals surface area (Å²) >= 11 is 0. The van der Waals surface area contributed by atoms with E-state index in [1.807, 2.05) is 97.1 Å². The maximum absolute atomic E-state index is 9.19. The predicted molar refractivity (Wildman–Crippen MR) is 181 cm³/mol. The Bertz CT molecular complexity index is 1360. The minimum Gasteiger partial charge on any atom is -0.396 e. The third kappa shape index (κ3) is 11.7. The Balaban J connectivity index is 1.40. The molecule has 0 saturated carbocycles. The van der Waals surface area contributed by atoms with Crippen molar-refractivity contribution in [1.29, 1.82) is 0 Å². The molecule has 0 aromatic heterocycles. The van der Waals surface area contributed by atoms with Gasteiger partial charge in [0.15, 0.2) is 6.29 Å². The number of ether oxygens (including phenoxy) is 6. The number of rotatable bonds is 20. The fraction of sp³-hybridized carbons (Fsp3) is 0.400. The lowest BCUT2D eigenvalue weighted by atomic mass is 9.97. The molecule has 1 heterocycles. The Hall–Kier alpha value is -3.40. The van der Waals surface area contributed by atoms with Crippen LogP contribution in [0.4, 0.5) is 0 Å². The van der Waals surface area contributed by atoms with Gasteiger partial charge >= 0.3 is 0 Å². The Labute approximate surface area is 279 Å². The summed E-state index contributed by atoms with van der Waals surface area (Å²) < 4.78 is 39.5. The second-order valence-electron chi connectivity index (χ2n) is 11.8. The summed E-state index contributed by atoms with van der Waals surface area (Å²) in [4.78, 5) is 0. The predicted octanol–water partition coefficient (Wildman–Crippen LogP) is 7.25. The molecule has 250 valence electrons. The molecule has 1 saturated heterocycles. The number of hydrogen-bond acceptors (Lipinski definition) is 7. The number of aliphatic hydroxyl groups is 1. The zero-order valence-corrected chi connectivity index (χ0v) is 27.1. The molecule has 0 aliphatic carbocycles. The van der Waals surface area contributed by atoms with Crippen LogP contribution in [0.1, 0.15) is 47.9 Å². The summed E-state index contributed by atoms with van der Waals surface area (Å²) in [6.07, 6.45) is 0.807. The molecule has 0 unspecified atom stereocenters. The molecule has 4 aromatic rings. The Morgan fingerprint density at radius 2 is 0.915 bits per heavy atom. The minimum atomic E-state index is -0.695. The van der Waals surface area contributed by atoms with E-state index in [9.17, 15) is 5.11 Å². The van der Waals surface area contributed by atoms with Crippen LogP contribution in [0, 0.1) is 0 Å². The zero-order chi connectivity index (χ0) is 32.4. The second kappa shape index (κ2) is 20.1. The third-order valence-corrected chi connectivity index (χ3v) is 8.18. The summed E-state index contributed by atoms with van der Waals surface area (Å²) in [5, 5.41) is 9.19. The van der Waals surface area contributed by atoms with Gasteiger partial charge in [-0.1, -0.05) is 134 Å². The van der Waals surface area contributed by atoms with Crippen LogP contribution >= 0.6 is 0 Å². The smallest absolute Gasteiger partial charge is 0.186 e. The summed E-state index contributed by atoms with van der Waals surface area (Å²) in [6.45, 7) is 2.59. The van der Waals surface area contributed by atoms with Gasteiger partial charge in [-0.2, -0.15) is 0 Å². The molecular weight excluding hydrogens is 592 g/mol. The molecule has 0 radical (unpaired) electrons. The average molecular weight is 641 g/mol. The van der Waals surface area contributed by atoms with E-state index < -0.39 is 30.7 Å². The van der Waals surface area contributed by atoms with Gasteiger partial charge in [-0.25, -0.2) is 0 Å². The van der Waals surface area contributed by atoms with Gasteiger partial charge in [-0.15, -0.1) is 0 Å². The summed E-state index contributed by atoms with van der Waals surface area (Å²) in [7, 11) is 0. The van der Waals surface area contributed by atoms with Gasteiger partial charge in [0.05, 0.1) is 33.0 Å². The highest BCUT2D eigenvalue weighted by Gasteiger charge is 2.49. The summed E-state index contributed by atoms with van der Waals surface area (Å²) in [5.41, 5.74) is 4.25. The van der Waals surface area contributed by atoms with E-state index in [-0.39, 0.29) is 6.61 Å². The molecule has 1 aliphatic rings. The molecule has 47 heavy (non-hydrogen) atoms. The molecule has 0 spiro atoms. The first-order valence-electron chi connectivity index (χ1n) is 16.8. The average Bonchev–Trinajstić information content (AvgIpc) is 3.13. The van der Waals surface area contributed by atoms with Crippen molar-refractivity contribution in [3.05, 3.63) is 144 Å². The van der Waals surface area contributed by atoms with Crippen molar-refractivity contribution in [3.8, 4) is 0 Å². The highest BCUT2D eigenvalue weighted by atomic mass is 16.7. The lowest BCUT2D eigenvalue weighted by Crippen LogP contribution is -2.61. The monoisotopic (exact) mass is 640 g/mol. The molecule has 7 heteroatoms. The Morgan fingerprint density at radius 3 is 1.43 bits per heavy atom. The van der Waals surface area contributed by atoms with Crippen LogP contribution < -0.4 is 0 Å². The minimum absolute atomic E-state index is 0.206. The molecule has 1 N–H and O–H groups in total. The van der Waals surface area contributed by atoms with Crippen molar-refractivity contribution in [3.63, 3.8) is 0 Å². The van der Waals surface area contributed by atoms with Crippen LogP contribution in [-0.4, -0.2) is 55.6 Å². The first-order valence-corrected chi connectivity index (χ1v) is 16.8. The zero-order valence-electron chi connectivity index (χ0n) is 27.1. The van der Waals surface area contributed by atoms with E-state index in [1.165, 1.54) is 0 Å². The lowest BCUT2D eigenvalue weighted by Gasteiger charge is -2.46. The van der Waals surface area contributed by atoms with Gasteiger partial charge in [0.2, 0.25) is 0 Å². The summed E-state index contributed by atoms with van der Waals surface area (Å²) in [6, 6.07) is 40.5. The van der Waals surface area contributed by atoms with Crippen molar-refractivity contribution in [2.24, 2.45) is 0 Å². The van der Waals surface area contributed by atoms with Gasteiger partial charge in [0.25, 0.3) is 0 Å². The van der Waals surface area contributed by atoms with Gasteiger partial charge in [0, 0.05) is 13.2 Å². The van der Waals surface area contributed by atoms with Crippen LogP contribution in [0.3, 0.4) is 0 Å². The maximum Gasteiger partial charge on any atom is 0.186 e. The fourth-order valence-electron chi connectivity index (χ4n) is 5.65. The largest absolute Gasteiger partial charge is 0.396 e. The molecule has 7 nitrogen and oxygen atoms in total. The first kappa shape index (κ1) is 34.9. The number of aliphatic hydroxyl groups excluding tert-OH is 1. The van der Waals surface area contributed by atoms with Crippen molar-refractivity contribution in [1.82, 2.24) is 0 Å². The van der Waals surface area contributed by atoms with Crippen LogP contribution in [0.2, 0.25) is 0 Å². The maximum atomic E-state index is 9.19. The normalized spacial score (nSPS) is 21.1. The van der Waals surface area contributed by atoms with Crippen molar-refractivity contribution < 1.29 is 33.5 Å². The SMILES string of the molecule is OCCCCCCO[C@H]1O[C@H](COCc2ccccc2)[C@@H](OCc2ccccc2)[C@H](OCc2ccccc2)[C@H]1OCc1ccccc1. The first-order chi connectivity index (χ1) is 23.3. The molecule has 5 atom stereocenters. The Morgan fingerprint density at radius 1 is 0.468 bits per heavy atom. The molecule has 0 amide bonds. The van der Waals surface area contributed by atoms with Crippen LogP contribution in [0.5, 0.6) is 0 Å². The highest BCUT2D eigenvalue weighted by Crippen LogP contribution is 2.32. The molecule has 4 aromatic carbocycles. The number of hydrogen-bond donors (Lipinski definition) is 1. The van der Waals surface area contributed by atoms with Gasteiger partial charge < -0.3 is 33.5 Å². The molecule has 0 bridgehead atoms. The van der Waals surface area contributed by atoms with Crippen LogP contribution in [-0.2, 0) is 54.8 Å². The quantitative estimate of drug-likeness (QED) is 0.102. The third-order valence-electron chi connectivity index (χ3n) is 8.18. The standard InChI is InChI=1S/C40H48O7/c41-25-15-1-2-16-26-43-40-39(46-30-35-23-13-6-14-24-35)38(45-29-34-21-11-5-12-22-34)37(44-28-33-19-9-4-10-20-33)36(47-40)31-42-27-32-17-7-3-8-18-32/h3-14,17-24,36-41H,1-2,15-16,25-31H2/t36-,37-,38+,39-,40+/m1/s1. The molecule has 5 rings (SSSR count).